The minimum atomic E-state index is -1.26. The predicted molar refractivity (Wildman–Crippen MR) is 98.8 cm³/mol. The van der Waals surface area contributed by atoms with Crippen molar-refractivity contribution in [3.05, 3.63) is 39.4 Å². The van der Waals surface area contributed by atoms with E-state index in [2.05, 4.69) is 4.90 Å². The van der Waals surface area contributed by atoms with Crippen molar-refractivity contribution < 1.29 is 14.3 Å². The van der Waals surface area contributed by atoms with Crippen LogP contribution in [0.4, 0.5) is 10.1 Å². The SMILES string of the molecule is Cc1c(N2CCCCCC2)c(F)cc2c(=O)c(C(=O)O)cn(C3CC3)c12. The van der Waals surface area contributed by atoms with Gasteiger partial charge in [0, 0.05) is 30.7 Å². The van der Waals surface area contributed by atoms with Crippen LogP contribution in [0, 0.1) is 12.7 Å². The van der Waals surface area contributed by atoms with Crippen LogP contribution in [0.25, 0.3) is 10.9 Å². The number of halogens is 1. The molecule has 1 saturated heterocycles. The van der Waals surface area contributed by atoms with E-state index in [1.807, 2.05) is 11.5 Å². The number of aryl methyl sites for hydroxylation is 1. The molecular formula is C20H23FN2O3. The lowest BCUT2D eigenvalue weighted by atomic mass is 10.0. The van der Waals surface area contributed by atoms with Crippen molar-refractivity contribution in [2.45, 2.75) is 51.5 Å². The first-order valence-electron chi connectivity index (χ1n) is 9.35. The lowest BCUT2D eigenvalue weighted by molar-refractivity contribution is 0.0695. The smallest absolute Gasteiger partial charge is 0.341 e. The van der Waals surface area contributed by atoms with Gasteiger partial charge in [0.05, 0.1) is 11.2 Å². The number of hydrogen-bond acceptors (Lipinski definition) is 3. The average molecular weight is 358 g/mol. The Labute approximate surface area is 151 Å². The Morgan fingerprint density at radius 1 is 1.19 bits per heavy atom. The largest absolute Gasteiger partial charge is 0.477 e. The zero-order valence-electron chi connectivity index (χ0n) is 14.9. The number of benzene rings is 1. The molecule has 6 heteroatoms. The number of fused-ring (bicyclic) bond motifs is 1. The maximum absolute atomic E-state index is 15.0. The number of hydrogen-bond donors (Lipinski definition) is 1. The molecule has 0 spiro atoms. The fourth-order valence-corrected chi connectivity index (χ4v) is 4.15. The van der Waals surface area contributed by atoms with Crippen LogP contribution in [0.2, 0.25) is 0 Å². The number of carboxylic acid groups (broad SMARTS) is 1. The second-order valence-corrected chi connectivity index (χ2v) is 7.44. The zero-order chi connectivity index (χ0) is 18.4. The van der Waals surface area contributed by atoms with Crippen molar-refractivity contribution in [3.8, 4) is 0 Å². The van der Waals surface area contributed by atoms with Crippen molar-refractivity contribution in [3.63, 3.8) is 0 Å². The van der Waals surface area contributed by atoms with Gasteiger partial charge in [-0.05, 0) is 44.2 Å². The molecule has 0 radical (unpaired) electrons. The molecule has 1 aliphatic carbocycles. The van der Waals surface area contributed by atoms with Crippen LogP contribution in [0.5, 0.6) is 0 Å². The first-order valence-corrected chi connectivity index (χ1v) is 9.35. The van der Waals surface area contributed by atoms with E-state index in [0.29, 0.717) is 11.2 Å². The fourth-order valence-electron chi connectivity index (χ4n) is 4.15. The first-order chi connectivity index (χ1) is 12.5. The summed E-state index contributed by atoms with van der Waals surface area (Å²) in [6.07, 6.45) is 7.72. The summed E-state index contributed by atoms with van der Waals surface area (Å²) in [5.74, 6) is -1.69. The molecule has 0 bridgehead atoms. The number of rotatable bonds is 3. The number of aromatic nitrogens is 1. The minimum absolute atomic E-state index is 0.172. The van der Waals surface area contributed by atoms with Crippen LogP contribution in [0.3, 0.4) is 0 Å². The molecule has 1 N–H and O–H groups in total. The molecule has 4 rings (SSSR count). The number of nitrogens with zero attached hydrogens (tertiary/aromatic N) is 2. The molecule has 138 valence electrons. The lowest BCUT2D eigenvalue weighted by Gasteiger charge is -2.27. The van der Waals surface area contributed by atoms with E-state index in [4.69, 9.17) is 0 Å². The highest BCUT2D eigenvalue weighted by Gasteiger charge is 2.29. The van der Waals surface area contributed by atoms with Gasteiger partial charge in [-0.2, -0.15) is 0 Å². The Kier molecular flexibility index (Phi) is 4.21. The average Bonchev–Trinajstić information content (AvgIpc) is 3.42. The van der Waals surface area contributed by atoms with Crippen LogP contribution >= 0.6 is 0 Å². The molecule has 2 fully saturated rings. The van der Waals surface area contributed by atoms with E-state index in [1.165, 1.54) is 12.3 Å². The van der Waals surface area contributed by atoms with Gasteiger partial charge < -0.3 is 14.6 Å². The highest BCUT2D eigenvalue weighted by Crippen LogP contribution is 2.40. The third-order valence-electron chi connectivity index (χ3n) is 5.57. The van der Waals surface area contributed by atoms with Crippen LogP contribution in [-0.2, 0) is 0 Å². The minimum Gasteiger partial charge on any atom is -0.477 e. The molecule has 5 nitrogen and oxygen atoms in total. The van der Waals surface area contributed by atoms with E-state index in [9.17, 15) is 14.7 Å². The second-order valence-electron chi connectivity index (χ2n) is 7.44. The molecular weight excluding hydrogens is 335 g/mol. The van der Waals surface area contributed by atoms with Crippen molar-refractivity contribution >= 4 is 22.6 Å². The maximum Gasteiger partial charge on any atom is 0.341 e. The van der Waals surface area contributed by atoms with Crippen LogP contribution in [0.1, 0.15) is 60.5 Å². The van der Waals surface area contributed by atoms with Gasteiger partial charge in [-0.1, -0.05) is 12.8 Å². The fraction of sp³-hybridized carbons (Fsp3) is 0.500. The van der Waals surface area contributed by atoms with Crippen molar-refractivity contribution in [1.29, 1.82) is 0 Å². The van der Waals surface area contributed by atoms with Crippen LogP contribution in [0.15, 0.2) is 17.1 Å². The Hall–Kier alpha value is -2.37. The summed E-state index contributed by atoms with van der Waals surface area (Å²) in [5, 5.41) is 9.54. The quantitative estimate of drug-likeness (QED) is 0.905. The summed E-state index contributed by atoms with van der Waals surface area (Å²) in [6.45, 7) is 3.47. The Morgan fingerprint density at radius 3 is 2.42 bits per heavy atom. The van der Waals surface area contributed by atoms with Gasteiger partial charge in [0.15, 0.2) is 0 Å². The molecule has 1 saturated carbocycles. The van der Waals surface area contributed by atoms with Crippen molar-refractivity contribution in [2.24, 2.45) is 0 Å². The Balaban J connectivity index is 1.99. The van der Waals surface area contributed by atoms with E-state index in [-0.39, 0.29) is 17.0 Å². The van der Waals surface area contributed by atoms with Crippen molar-refractivity contribution in [2.75, 3.05) is 18.0 Å². The number of pyridine rings is 1. The highest BCUT2D eigenvalue weighted by molar-refractivity contribution is 5.95. The standard InChI is InChI=1S/C20H23FN2O3/c1-12-17-14(10-16(21)18(12)22-8-4-2-3-5-9-22)19(24)15(20(25)26)11-23(17)13-6-7-13/h10-11,13H,2-9H2,1H3,(H,25,26). The Bertz CT molecular complexity index is 938. The van der Waals surface area contributed by atoms with Crippen LogP contribution in [-0.4, -0.2) is 28.7 Å². The summed E-state index contributed by atoms with van der Waals surface area (Å²) < 4.78 is 16.9. The third-order valence-corrected chi connectivity index (χ3v) is 5.57. The van der Waals surface area contributed by atoms with Gasteiger partial charge in [0.1, 0.15) is 11.4 Å². The summed E-state index contributed by atoms with van der Waals surface area (Å²) >= 11 is 0. The maximum atomic E-state index is 15.0. The van der Waals surface area contributed by atoms with Crippen LogP contribution < -0.4 is 10.3 Å². The van der Waals surface area contributed by atoms with Gasteiger partial charge >= 0.3 is 5.97 Å². The van der Waals surface area contributed by atoms with Crippen molar-refractivity contribution in [1.82, 2.24) is 4.57 Å². The molecule has 1 aliphatic heterocycles. The molecule has 2 aromatic rings. The Morgan fingerprint density at radius 2 is 1.85 bits per heavy atom. The summed E-state index contributed by atoms with van der Waals surface area (Å²) in [4.78, 5) is 26.2. The molecule has 0 atom stereocenters. The van der Waals surface area contributed by atoms with Gasteiger partial charge in [-0.15, -0.1) is 0 Å². The molecule has 0 unspecified atom stereocenters. The molecule has 0 amide bonds. The molecule has 1 aromatic carbocycles. The molecule has 26 heavy (non-hydrogen) atoms. The summed E-state index contributed by atoms with van der Waals surface area (Å²) in [7, 11) is 0. The van der Waals surface area contributed by atoms with E-state index >= 15 is 4.39 Å². The van der Waals surface area contributed by atoms with Gasteiger partial charge in [0.2, 0.25) is 5.43 Å². The topological polar surface area (TPSA) is 62.5 Å². The molecule has 2 aliphatic rings. The summed E-state index contributed by atoms with van der Waals surface area (Å²) in [5.41, 5.74) is 1.10. The molecule has 1 aromatic heterocycles. The van der Waals surface area contributed by atoms with Gasteiger partial charge in [0.25, 0.3) is 0 Å². The second kappa shape index (κ2) is 6.41. The normalized spacial score (nSPS) is 18.2. The first kappa shape index (κ1) is 17.1. The monoisotopic (exact) mass is 358 g/mol. The lowest BCUT2D eigenvalue weighted by Crippen LogP contribution is -2.27. The number of carboxylic acids is 1. The highest BCUT2D eigenvalue weighted by atomic mass is 19.1. The van der Waals surface area contributed by atoms with E-state index in [1.54, 1.807) is 0 Å². The predicted octanol–water partition coefficient (Wildman–Crippen LogP) is 3.86. The number of anilines is 1. The molecule has 2 heterocycles. The van der Waals surface area contributed by atoms with Gasteiger partial charge in [-0.3, -0.25) is 4.79 Å². The number of carbonyl (C=O) groups is 1. The zero-order valence-corrected chi connectivity index (χ0v) is 14.9. The van der Waals surface area contributed by atoms with E-state index in [0.717, 1.165) is 57.2 Å². The summed E-state index contributed by atoms with van der Waals surface area (Å²) in [6, 6.07) is 1.44. The van der Waals surface area contributed by atoms with E-state index < -0.39 is 17.2 Å². The third kappa shape index (κ3) is 2.77. The number of aromatic carboxylic acids is 1. The van der Waals surface area contributed by atoms with Gasteiger partial charge in [-0.25, -0.2) is 9.18 Å².